The van der Waals surface area contributed by atoms with Crippen molar-refractivity contribution in [1.82, 2.24) is 0 Å². The van der Waals surface area contributed by atoms with Crippen molar-refractivity contribution >= 4 is 5.78 Å². The monoisotopic (exact) mass is 401 g/mol. The summed E-state index contributed by atoms with van der Waals surface area (Å²) >= 11 is 0. The minimum absolute atomic E-state index is 0.0247. The third-order valence-corrected chi connectivity index (χ3v) is 8.33. The van der Waals surface area contributed by atoms with E-state index in [2.05, 4.69) is 43.0 Å². The maximum atomic E-state index is 12.1. The van der Waals surface area contributed by atoms with Crippen LogP contribution in [0, 0.1) is 29.1 Å². The maximum absolute atomic E-state index is 12.1. The fraction of sp³-hybridized carbons (Fsp3) is 0.519. The van der Waals surface area contributed by atoms with Crippen molar-refractivity contribution in [3.63, 3.8) is 0 Å². The third-order valence-electron chi connectivity index (χ3n) is 8.33. The Labute approximate surface area is 179 Å². The van der Waals surface area contributed by atoms with E-state index < -0.39 is 0 Å². The number of ketones is 1. The topological polar surface area (TPSA) is 63.3 Å². The van der Waals surface area contributed by atoms with Gasteiger partial charge in [0, 0.05) is 17.9 Å². The summed E-state index contributed by atoms with van der Waals surface area (Å²) in [5.41, 5.74) is 12.1. The SMILES string of the molecule is C[C@]12C[C@H](c3ccc(C#CCN)cc3)C3=C4CCC(=O)C=C4CCC3C1CCC2O. The number of aliphatic hydroxyl groups excluding tert-OH is 1. The summed E-state index contributed by atoms with van der Waals surface area (Å²) in [7, 11) is 0. The van der Waals surface area contributed by atoms with Crippen LogP contribution >= 0.6 is 0 Å². The summed E-state index contributed by atoms with van der Waals surface area (Å²) in [5.74, 6) is 7.73. The first-order chi connectivity index (χ1) is 14.5. The van der Waals surface area contributed by atoms with Gasteiger partial charge in [0.25, 0.3) is 0 Å². The molecule has 1 aromatic carbocycles. The van der Waals surface area contributed by atoms with Crippen LogP contribution in [-0.2, 0) is 4.79 Å². The molecule has 156 valence electrons. The molecule has 0 amide bonds. The molecule has 0 saturated heterocycles. The van der Waals surface area contributed by atoms with Gasteiger partial charge >= 0.3 is 0 Å². The molecule has 4 aliphatic rings. The van der Waals surface area contributed by atoms with Gasteiger partial charge in [-0.3, -0.25) is 4.79 Å². The molecule has 2 saturated carbocycles. The molecule has 3 unspecified atom stereocenters. The Kier molecular flexibility index (Phi) is 4.96. The summed E-state index contributed by atoms with van der Waals surface area (Å²) in [5, 5.41) is 10.9. The van der Waals surface area contributed by atoms with E-state index in [1.54, 1.807) is 5.57 Å². The van der Waals surface area contributed by atoms with Gasteiger partial charge in [-0.15, -0.1) is 0 Å². The number of fused-ring (bicyclic) bond motifs is 4. The Balaban J connectivity index is 1.62. The van der Waals surface area contributed by atoms with Gasteiger partial charge in [0.15, 0.2) is 5.78 Å². The fourth-order valence-corrected chi connectivity index (χ4v) is 6.88. The molecule has 0 aromatic heterocycles. The first-order valence-corrected chi connectivity index (χ1v) is 11.4. The predicted octanol–water partition coefficient (Wildman–Crippen LogP) is 4.26. The molecule has 0 aliphatic heterocycles. The van der Waals surface area contributed by atoms with E-state index in [0.717, 1.165) is 44.1 Å². The number of allylic oxidation sites excluding steroid dienone is 4. The lowest BCUT2D eigenvalue weighted by Gasteiger charge is -2.52. The van der Waals surface area contributed by atoms with E-state index in [4.69, 9.17) is 5.73 Å². The predicted molar refractivity (Wildman–Crippen MR) is 119 cm³/mol. The number of benzene rings is 1. The molecule has 4 aliphatic carbocycles. The second-order valence-electron chi connectivity index (χ2n) is 9.81. The summed E-state index contributed by atoms with van der Waals surface area (Å²) in [6.07, 6.45) is 8.39. The number of aliphatic hydroxyl groups is 1. The van der Waals surface area contributed by atoms with Gasteiger partial charge in [-0.25, -0.2) is 0 Å². The minimum atomic E-state index is -0.212. The van der Waals surface area contributed by atoms with Crippen LogP contribution in [0.25, 0.3) is 0 Å². The zero-order chi connectivity index (χ0) is 20.9. The molecule has 3 N–H and O–H groups in total. The van der Waals surface area contributed by atoms with Crippen molar-refractivity contribution < 1.29 is 9.90 Å². The molecule has 0 heterocycles. The Bertz CT molecular complexity index is 990. The quantitative estimate of drug-likeness (QED) is 0.691. The highest BCUT2D eigenvalue weighted by molar-refractivity contribution is 5.93. The van der Waals surface area contributed by atoms with Gasteiger partial charge in [-0.1, -0.05) is 36.5 Å². The summed E-state index contributed by atoms with van der Waals surface area (Å²) in [6, 6.07) is 8.63. The first kappa shape index (κ1) is 19.8. The number of hydrogen-bond donors (Lipinski definition) is 2. The molecule has 3 nitrogen and oxygen atoms in total. The molecule has 30 heavy (non-hydrogen) atoms. The standard InChI is InChI=1S/C27H31NO2/c1-27-16-23(18-6-4-17(5-7-18)3-2-14-28)26-21-11-9-20(29)15-19(21)8-10-22(26)24(27)12-13-25(27)30/h4-7,15,22-25,30H,8-14,16,28H2,1H3/t22?,23-,24?,25?,27+/m1/s1. The molecule has 2 fully saturated rings. The Hall–Kier alpha value is -2.15. The van der Waals surface area contributed by atoms with Crippen molar-refractivity contribution in [1.29, 1.82) is 0 Å². The molecule has 5 atom stereocenters. The maximum Gasteiger partial charge on any atom is 0.156 e. The van der Waals surface area contributed by atoms with Gasteiger partial charge < -0.3 is 10.8 Å². The summed E-state index contributed by atoms with van der Waals surface area (Å²) in [4.78, 5) is 12.1. The number of nitrogens with two attached hydrogens (primary N) is 1. The van der Waals surface area contributed by atoms with Gasteiger partial charge in [0.1, 0.15) is 0 Å². The van der Waals surface area contributed by atoms with Crippen molar-refractivity contribution in [2.45, 2.75) is 63.9 Å². The third kappa shape index (κ3) is 3.09. The van der Waals surface area contributed by atoms with Gasteiger partial charge in [0.2, 0.25) is 0 Å². The van der Waals surface area contributed by atoms with Crippen molar-refractivity contribution in [2.24, 2.45) is 23.0 Å². The van der Waals surface area contributed by atoms with Crippen LogP contribution in [0.1, 0.15) is 68.9 Å². The highest BCUT2D eigenvalue weighted by atomic mass is 16.3. The van der Waals surface area contributed by atoms with Crippen LogP contribution in [0.15, 0.2) is 47.1 Å². The zero-order valence-corrected chi connectivity index (χ0v) is 17.8. The van der Waals surface area contributed by atoms with Crippen molar-refractivity contribution in [3.8, 4) is 11.8 Å². The number of rotatable bonds is 1. The second-order valence-corrected chi connectivity index (χ2v) is 9.81. The Morgan fingerprint density at radius 3 is 2.70 bits per heavy atom. The molecular weight excluding hydrogens is 370 g/mol. The van der Waals surface area contributed by atoms with Crippen LogP contribution < -0.4 is 5.73 Å². The molecule has 1 aromatic rings. The molecular formula is C27H31NO2. The van der Waals surface area contributed by atoms with E-state index in [1.165, 1.54) is 16.7 Å². The average Bonchev–Trinajstić information content (AvgIpc) is 3.06. The lowest BCUT2D eigenvalue weighted by Crippen LogP contribution is -2.45. The van der Waals surface area contributed by atoms with Crippen molar-refractivity contribution in [2.75, 3.05) is 6.54 Å². The summed E-state index contributed by atoms with van der Waals surface area (Å²) < 4.78 is 0. The van der Waals surface area contributed by atoms with Gasteiger partial charge in [-0.2, -0.15) is 0 Å². The average molecular weight is 402 g/mol. The molecule has 0 radical (unpaired) electrons. The van der Waals surface area contributed by atoms with Crippen LogP contribution in [0.4, 0.5) is 0 Å². The van der Waals surface area contributed by atoms with E-state index in [0.29, 0.717) is 30.7 Å². The lowest BCUT2D eigenvalue weighted by molar-refractivity contribution is -0.114. The summed E-state index contributed by atoms with van der Waals surface area (Å²) in [6.45, 7) is 2.69. The molecule has 0 spiro atoms. The van der Waals surface area contributed by atoms with Gasteiger partial charge in [-0.05, 0) is 90.7 Å². The zero-order valence-electron chi connectivity index (χ0n) is 17.8. The Morgan fingerprint density at radius 1 is 1.13 bits per heavy atom. The number of carbonyl (C=O) groups is 1. The molecule has 0 bridgehead atoms. The van der Waals surface area contributed by atoms with E-state index in [9.17, 15) is 9.90 Å². The Morgan fingerprint density at radius 2 is 1.93 bits per heavy atom. The molecule has 3 heteroatoms. The number of carbonyl (C=O) groups excluding carboxylic acids is 1. The van der Waals surface area contributed by atoms with Crippen LogP contribution in [0.5, 0.6) is 0 Å². The van der Waals surface area contributed by atoms with E-state index in [-0.39, 0.29) is 17.3 Å². The van der Waals surface area contributed by atoms with E-state index >= 15 is 0 Å². The van der Waals surface area contributed by atoms with E-state index in [1.807, 2.05) is 6.08 Å². The fourth-order valence-electron chi connectivity index (χ4n) is 6.88. The molecule has 5 rings (SSSR count). The lowest BCUT2D eigenvalue weighted by atomic mass is 9.53. The van der Waals surface area contributed by atoms with Gasteiger partial charge in [0.05, 0.1) is 12.6 Å². The smallest absolute Gasteiger partial charge is 0.156 e. The largest absolute Gasteiger partial charge is 0.393 e. The highest BCUT2D eigenvalue weighted by Crippen LogP contribution is 2.63. The first-order valence-electron chi connectivity index (χ1n) is 11.4. The van der Waals surface area contributed by atoms with Crippen molar-refractivity contribution in [3.05, 3.63) is 58.2 Å². The highest BCUT2D eigenvalue weighted by Gasteiger charge is 2.56. The van der Waals surface area contributed by atoms with Crippen LogP contribution in [0.3, 0.4) is 0 Å². The van der Waals surface area contributed by atoms with Crippen LogP contribution in [0.2, 0.25) is 0 Å². The minimum Gasteiger partial charge on any atom is -0.393 e. The second kappa shape index (κ2) is 7.52. The number of hydrogen-bond acceptors (Lipinski definition) is 3. The van der Waals surface area contributed by atoms with Crippen LogP contribution in [-0.4, -0.2) is 23.5 Å². The normalized spacial score (nSPS) is 35.0.